The van der Waals surface area contributed by atoms with Crippen LogP contribution in [0.2, 0.25) is 0 Å². The highest BCUT2D eigenvalue weighted by molar-refractivity contribution is 6.01. The quantitative estimate of drug-likeness (QED) is 0.252. The molecule has 0 saturated carbocycles. The number of carbonyl (C=O) groups excluding carboxylic acids is 1. The zero-order chi connectivity index (χ0) is 32.5. The van der Waals surface area contributed by atoms with Gasteiger partial charge in [0, 0.05) is 37.7 Å². The van der Waals surface area contributed by atoms with Gasteiger partial charge in [0.25, 0.3) is 0 Å². The van der Waals surface area contributed by atoms with E-state index >= 15 is 4.39 Å². The highest BCUT2D eigenvalue weighted by Crippen LogP contribution is 2.43. The van der Waals surface area contributed by atoms with Crippen molar-refractivity contribution in [3.63, 3.8) is 0 Å². The monoisotopic (exact) mass is 647 g/mol. The Bertz CT molecular complexity index is 1930. The lowest BCUT2D eigenvalue weighted by atomic mass is 9.90. The molecule has 1 spiro atoms. The van der Waals surface area contributed by atoms with Crippen molar-refractivity contribution in [3.05, 3.63) is 47.7 Å². The first kappa shape index (κ1) is 30.2. The Hall–Kier alpha value is -4.19. The molecular weight excluding hydrogens is 611 g/mol. The number of aromatic nitrogens is 3. The molecule has 4 fully saturated rings. The number of aryl methyl sites for hydroxylation is 1. The van der Waals surface area contributed by atoms with Gasteiger partial charge in [-0.15, -0.1) is 0 Å². The maximum Gasteiger partial charge on any atom is 0.319 e. The maximum atomic E-state index is 16.9. The molecule has 0 amide bonds. The Morgan fingerprint density at radius 2 is 1.98 bits per heavy atom. The Labute approximate surface area is 269 Å². The number of nitrogens with zero attached hydrogens (tertiary/aromatic N) is 5. The smallest absolute Gasteiger partial charge is 0.319 e. The number of halogens is 3. The molecule has 4 aromatic rings. The fourth-order valence-corrected chi connectivity index (χ4v) is 8.43. The Morgan fingerprint density at radius 3 is 2.79 bits per heavy atom. The number of benzene rings is 2. The predicted octanol–water partition coefficient (Wildman–Crippen LogP) is 6.02. The van der Waals surface area contributed by atoms with Gasteiger partial charge in [0.05, 0.1) is 17.5 Å². The maximum absolute atomic E-state index is 16.9. The van der Waals surface area contributed by atoms with Crippen LogP contribution < -0.4 is 9.64 Å². The van der Waals surface area contributed by atoms with Crippen LogP contribution in [0.4, 0.5) is 19.0 Å². The molecule has 3 atom stereocenters. The normalized spacial score (nSPS) is 26.1. The van der Waals surface area contributed by atoms with Crippen molar-refractivity contribution in [2.24, 2.45) is 0 Å². The fourth-order valence-electron chi connectivity index (χ4n) is 8.43. The average Bonchev–Trinajstić information content (AvgIpc) is 3.71. The molecule has 9 nitrogen and oxygen atoms in total. The highest BCUT2D eigenvalue weighted by atomic mass is 19.1. The lowest BCUT2D eigenvalue weighted by Gasteiger charge is -2.40. The summed E-state index contributed by atoms with van der Waals surface area (Å²) in [5.74, 6) is -1.13. The Balaban J connectivity index is 1.27. The molecule has 2 aromatic carbocycles. The molecule has 6 heterocycles. The van der Waals surface area contributed by atoms with Crippen molar-refractivity contribution in [1.29, 1.82) is 0 Å². The number of hydrogen-bond acceptors (Lipinski definition) is 9. The fraction of sp³-hybridized carbons (Fsp3) is 0.486. The molecule has 1 N–H and O–H groups in total. The number of aromatic hydroxyl groups is 1. The van der Waals surface area contributed by atoms with E-state index in [9.17, 15) is 18.7 Å². The number of pyridine rings is 1. The summed E-state index contributed by atoms with van der Waals surface area (Å²) in [5.41, 5.74) is -0.615. The summed E-state index contributed by atoms with van der Waals surface area (Å²) in [4.78, 5) is 30.1. The molecular formula is C35H36F3N5O4. The highest BCUT2D eigenvalue weighted by Gasteiger charge is 2.49. The molecule has 1 unspecified atom stereocenters. The Morgan fingerprint density at radius 1 is 1.13 bits per heavy atom. The van der Waals surface area contributed by atoms with Crippen molar-refractivity contribution in [1.82, 2.24) is 19.9 Å². The average molecular weight is 648 g/mol. The van der Waals surface area contributed by atoms with Crippen LogP contribution in [0.1, 0.15) is 57.4 Å². The first-order valence-electron chi connectivity index (χ1n) is 16.5. The molecule has 4 aliphatic rings. The number of hydrogen-bond donors (Lipinski definition) is 1. The van der Waals surface area contributed by atoms with Gasteiger partial charge in [-0.3, -0.25) is 14.7 Å². The van der Waals surface area contributed by atoms with Crippen LogP contribution in [-0.4, -0.2) is 81.0 Å². The number of anilines is 1. The van der Waals surface area contributed by atoms with Crippen LogP contribution in [0.15, 0.2) is 30.5 Å². The van der Waals surface area contributed by atoms with E-state index in [1.165, 1.54) is 24.4 Å². The van der Waals surface area contributed by atoms with Gasteiger partial charge in [0.1, 0.15) is 47.0 Å². The van der Waals surface area contributed by atoms with Crippen LogP contribution >= 0.6 is 0 Å². The number of fused-ring (bicyclic) bond motifs is 3. The van der Waals surface area contributed by atoms with E-state index in [0.29, 0.717) is 72.9 Å². The second-order valence-electron chi connectivity index (χ2n) is 13.5. The van der Waals surface area contributed by atoms with Gasteiger partial charge in [-0.25, -0.2) is 13.2 Å². The molecule has 12 heteroatoms. The minimum Gasteiger partial charge on any atom is -0.508 e. The van der Waals surface area contributed by atoms with E-state index in [4.69, 9.17) is 14.5 Å². The van der Waals surface area contributed by atoms with E-state index in [2.05, 4.69) is 14.9 Å². The second-order valence-corrected chi connectivity index (χ2v) is 13.5. The summed E-state index contributed by atoms with van der Waals surface area (Å²) < 4.78 is 58.4. The van der Waals surface area contributed by atoms with Gasteiger partial charge in [-0.1, -0.05) is 13.0 Å². The third kappa shape index (κ3) is 5.03. The summed E-state index contributed by atoms with van der Waals surface area (Å²) in [6, 6.07) is 5.75. The second kappa shape index (κ2) is 11.2. The van der Waals surface area contributed by atoms with Crippen molar-refractivity contribution in [2.75, 3.05) is 37.7 Å². The van der Waals surface area contributed by atoms with E-state index in [0.717, 1.165) is 32.2 Å². The lowest BCUT2D eigenvalue weighted by molar-refractivity contribution is -0.148. The van der Waals surface area contributed by atoms with E-state index in [1.807, 2.05) is 11.8 Å². The van der Waals surface area contributed by atoms with Crippen molar-refractivity contribution in [3.8, 4) is 23.0 Å². The minimum atomic E-state index is -0.938. The van der Waals surface area contributed by atoms with Gasteiger partial charge in [-0.2, -0.15) is 9.97 Å². The molecule has 4 saturated heterocycles. The number of alkyl halides is 1. The van der Waals surface area contributed by atoms with Crippen molar-refractivity contribution < 1.29 is 32.5 Å². The van der Waals surface area contributed by atoms with Crippen molar-refractivity contribution in [2.45, 2.75) is 75.6 Å². The number of carbonyl (C=O) groups is 1. The van der Waals surface area contributed by atoms with Gasteiger partial charge in [-0.05, 0) is 79.6 Å². The van der Waals surface area contributed by atoms with E-state index in [1.54, 1.807) is 6.07 Å². The summed E-state index contributed by atoms with van der Waals surface area (Å²) in [7, 11) is 0. The summed E-state index contributed by atoms with van der Waals surface area (Å²) in [5, 5.41) is 12.0. The number of phenolic OH excluding ortho intramolecular Hbond substituents is 1. The molecule has 47 heavy (non-hydrogen) atoms. The predicted molar refractivity (Wildman–Crippen MR) is 169 cm³/mol. The van der Waals surface area contributed by atoms with E-state index in [-0.39, 0.29) is 41.1 Å². The van der Waals surface area contributed by atoms with E-state index < -0.39 is 28.9 Å². The molecule has 246 valence electrons. The zero-order valence-corrected chi connectivity index (χ0v) is 26.2. The SMILES string of the molecule is CCc1c(F)ccc2cc(O)cc(-c3ncc4c(N5CCCC6(CCC(=O)O6)C5)nc(OC[C@@]56CCCN5C[C@H](F)C6)nc4c3F)c12. The molecule has 0 aliphatic carbocycles. The van der Waals surface area contributed by atoms with Crippen molar-refractivity contribution >= 4 is 33.5 Å². The number of esters is 1. The third-order valence-electron chi connectivity index (χ3n) is 10.6. The number of ether oxygens (including phenoxy) is 2. The van der Waals surface area contributed by atoms with Gasteiger partial charge < -0.3 is 19.5 Å². The zero-order valence-electron chi connectivity index (χ0n) is 26.2. The molecule has 0 radical (unpaired) electrons. The summed E-state index contributed by atoms with van der Waals surface area (Å²) >= 11 is 0. The summed E-state index contributed by atoms with van der Waals surface area (Å²) in [6.07, 6.45) is 5.39. The first-order valence-corrected chi connectivity index (χ1v) is 16.5. The number of piperidine rings is 1. The van der Waals surface area contributed by atoms with Gasteiger partial charge in [0.2, 0.25) is 0 Å². The van der Waals surface area contributed by atoms with Crippen LogP contribution in [0, 0.1) is 11.6 Å². The standard InChI is InChI=1S/C35H36F3N5O4/c1-2-23-26(37)6-5-20-13-22(44)14-24(28(20)23)30-29(38)31-25(16-39-30)32(42-11-4-9-35(18-42)10-7-27(45)47-35)41-33(40-31)46-19-34-8-3-12-43(34)17-21(36)15-34/h5-6,13-14,16,21,44H,2-4,7-12,15,17-19H2,1H3/t21-,34+,35?/m1/s1. The molecule has 8 rings (SSSR count). The van der Waals surface area contributed by atoms with Gasteiger partial charge >= 0.3 is 12.0 Å². The number of phenols is 1. The minimum absolute atomic E-state index is 0.0421. The summed E-state index contributed by atoms with van der Waals surface area (Å²) in [6.45, 7) is 4.11. The number of rotatable bonds is 6. The molecule has 4 aliphatic heterocycles. The molecule has 2 aromatic heterocycles. The molecule has 0 bridgehead atoms. The third-order valence-corrected chi connectivity index (χ3v) is 10.6. The largest absolute Gasteiger partial charge is 0.508 e. The topological polar surface area (TPSA) is 101 Å². The van der Waals surface area contributed by atoms with Crippen LogP contribution in [0.5, 0.6) is 11.8 Å². The lowest BCUT2D eigenvalue weighted by Crippen LogP contribution is -2.48. The van der Waals surface area contributed by atoms with Crippen LogP contribution in [0.25, 0.3) is 32.9 Å². The Kier molecular flexibility index (Phi) is 7.19. The van der Waals surface area contributed by atoms with Crippen LogP contribution in [0.3, 0.4) is 0 Å². The van der Waals surface area contributed by atoms with Crippen LogP contribution in [-0.2, 0) is 16.0 Å². The van der Waals surface area contributed by atoms with Gasteiger partial charge in [0.15, 0.2) is 5.82 Å². The first-order chi connectivity index (χ1) is 22.7.